The van der Waals surface area contributed by atoms with Crippen molar-refractivity contribution in [3.8, 4) is 11.8 Å². The average Bonchev–Trinajstić information content (AvgIpc) is 2.27. The first-order valence-electron chi connectivity index (χ1n) is 5.43. The highest BCUT2D eigenvalue weighted by Crippen LogP contribution is 2.17. The van der Waals surface area contributed by atoms with Crippen LogP contribution >= 0.6 is 0 Å². The normalized spacial score (nSPS) is 11.1. The zero-order valence-electron chi connectivity index (χ0n) is 9.83. The molecule has 1 aromatic rings. The molecule has 2 N–H and O–H groups in total. The molecule has 0 aliphatic heterocycles. The number of nitrogens with zero attached hydrogens (tertiary/aromatic N) is 1. The summed E-state index contributed by atoms with van der Waals surface area (Å²) in [6.07, 6.45) is 0.835. The number of phenols is 1. The van der Waals surface area contributed by atoms with E-state index in [1.54, 1.807) is 12.1 Å². The number of rotatable bonds is 5. The Balaban J connectivity index is 2.27. The molecule has 3 heteroatoms. The number of hydrogen-bond acceptors (Lipinski definition) is 3. The van der Waals surface area contributed by atoms with Crippen LogP contribution in [-0.4, -0.2) is 11.7 Å². The van der Waals surface area contributed by atoms with Crippen LogP contribution in [0, 0.1) is 16.7 Å². The average molecular weight is 218 g/mol. The summed E-state index contributed by atoms with van der Waals surface area (Å²) in [7, 11) is 0. The molecule has 0 heterocycles. The Morgan fingerprint density at radius 2 is 1.94 bits per heavy atom. The van der Waals surface area contributed by atoms with Crippen molar-refractivity contribution in [3.63, 3.8) is 0 Å². The molecule has 0 aromatic heterocycles. The summed E-state index contributed by atoms with van der Waals surface area (Å²) >= 11 is 0. The Bertz CT molecular complexity index is 363. The van der Waals surface area contributed by atoms with Gasteiger partial charge in [0, 0.05) is 6.54 Å². The van der Waals surface area contributed by atoms with Crippen LogP contribution in [0.1, 0.15) is 25.8 Å². The molecule has 0 radical (unpaired) electrons. The Kier molecular flexibility index (Phi) is 4.33. The lowest BCUT2D eigenvalue weighted by Gasteiger charge is -2.15. The van der Waals surface area contributed by atoms with Crippen LogP contribution in [0.3, 0.4) is 0 Å². The predicted molar refractivity (Wildman–Crippen MR) is 63.8 cm³/mol. The Labute approximate surface area is 96.7 Å². The molecule has 0 bridgehead atoms. The van der Waals surface area contributed by atoms with Gasteiger partial charge in [-0.05, 0) is 44.5 Å². The Hall–Kier alpha value is -1.53. The molecule has 0 atom stereocenters. The van der Waals surface area contributed by atoms with Crippen LogP contribution < -0.4 is 5.32 Å². The summed E-state index contributed by atoms with van der Waals surface area (Å²) in [5.74, 6) is 0.286. The van der Waals surface area contributed by atoms with E-state index in [0.717, 1.165) is 25.1 Å². The highest BCUT2D eigenvalue weighted by atomic mass is 16.3. The third-order valence-electron chi connectivity index (χ3n) is 2.49. The van der Waals surface area contributed by atoms with E-state index in [-0.39, 0.29) is 11.2 Å². The van der Waals surface area contributed by atoms with Crippen LogP contribution in [-0.2, 0) is 6.54 Å². The predicted octanol–water partition coefficient (Wildman–Crippen LogP) is 2.42. The maximum Gasteiger partial charge on any atom is 0.115 e. The van der Waals surface area contributed by atoms with E-state index < -0.39 is 0 Å². The van der Waals surface area contributed by atoms with E-state index in [2.05, 4.69) is 11.4 Å². The number of nitriles is 1. The van der Waals surface area contributed by atoms with Crippen molar-refractivity contribution in [1.29, 1.82) is 5.26 Å². The van der Waals surface area contributed by atoms with Crippen molar-refractivity contribution in [2.24, 2.45) is 5.41 Å². The second kappa shape index (κ2) is 5.53. The third-order valence-corrected chi connectivity index (χ3v) is 2.49. The summed E-state index contributed by atoms with van der Waals surface area (Å²) in [4.78, 5) is 0. The smallest absolute Gasteiger partial charge is 0.115 e. The molecule has 16 heavy (non-hydrogen) atoms. The topological polar surface area (TPSA) is 56.0 Å². The molecule has 0 unspecified atom stereocenters. The Morgan fingerprint density at radius 3 is 2.50 bits per heavy atom. The van der Waals surface area contributed by atoms with Gasteiger partial charge in [0.1, 0.15) is 5.75 Å². The monoisotopic (exact) mass is 218 g/mol. The molecule has 0 fully saturated rings. The molecule has 3 nitrogen and oxygen atoms in total. The fraction of sp³-hybridized carbons (Fsp3) is 0.462. The lowest BCUT2D eigenvalue weighted by atomic mass is 9.91. The minimum absolute atomic E-state index is 0.262. The van der Waals surface area contributed by atoms with E-state index in [0.29, 0.717) is 0 Å². The molecule has 0 saturated carbocycles. The third kappa shape index (κ3) is 4.33. The highest BCUT2D eigenvalue weighted by molar-refractivity contribution is 5.25. The standard InChI is InChI=1S/C13H18N2O/c1-13(2,10-14)7-8-15-9-11-3-5-12(16)6-4-11/h3-6,15-16H,7-9H2,1-2H3. The zero-order chi connectivity index (χ0) is 12.0. The number of aromatic hydroxyl groups is 1. The van der Waals surface area contributed by atoms with Gasteiger partial charge in [-0.2, -0.15) is 5.26 Å². The highest BCUT2D eigenvalue weighted by Gasteiger charge is 2.15. The lowest BCUT2D eigenvalue weighted by Crippen LogP contribution is -2.21. The maximum atomic E-state index is 9.11. The van der Waals surface area contributed by atoms with Crippen LogP contribution in [0.15, 0.2) is 24.3 Å². The lowest BCUT2D eigenvalue weighted by molar-refractivity contribution is 0.432. The van der Waals surface area contributed by atoms with E-state index in [1.807, 2.05) is 26.0 Å². The van der Waals surface area contributed by atoms with E-state index in [9.17, 15) is 0 Å². The molecule has 0 aliphatic carbocycles. The van der Waals surface area contributed by atoms with Gasteiger partial charge in [0.05, 0.1) is 11.5 Å². The fourth-order valence-electron chi connectivity index (χ4n) is 1.30. The molecule has 1 aromatic carbocycles. The van der Waals surface area contributed by atoms with Gasteiger partial charge in [-0.25, -0.2) is 0 Å². The quantitative estimate of drug-likeness (QED) is 0.746. The first kappa shape index (κ1) is 12.5. The SMILES string of the molecule is CC(C)(C#N)CCNCc1ccc(O)cc1. The van der Waals surface area contributed by atoms with Crippen LogP contribution in [0.2, 0.25) is 0 Å². The van der Waals surface area contributed by atoms with E-state index in [4.69, 9.17) is 10.4 Å². The van der Waals surface area contributed by atoms with Crippen LogP contribution in [0.4, 0.5) is 0 Å². The molecule has 86 valence electrons. The molecule has 0 aliphatic rings. The second-order valence-corrected chi connectivity index (χ2v) is 4.59. The summed E-state index contributed by atoms with van der Waals surface area (Å²) in [5, 5.41) is 21.2. The first-order chi connectivity index (χ1) is 7.53. The molecule has 1 rings (SSSR count). The van der Waals surface area contributed by atoms with Crippen molar-refractivity contribution in [2.45, 2.75) is 26.8 Å². The minimum atomic E-state index is -0.262. The van der Waals surface area contributed by atoms with Gasteiger partial charge < -0.3 is 10.4 Å². The number of nitrogens with one attached hydrogen (secondary N) is 1. The molecular formula is C13H18N2O. The van der Waals surface area contributed by atoms with Gasteiger partial charge >= 0.3 is 0 Å². The van der Waals surface area contributed by atoms with Crippen LogP contribution in [0.25, 0.3) is 0 Å². The van der Waals surface area contributed by atoms with Gasteiger partial charge in [-0.15, -0.1) is 0 Å². The summed E-state index contributed by atoms with van der Waals surface area (Å²) in [6.45, 7) is 5.47. The van der Waals surface area contributed by atoms with Crippen molar-refractivity contribution in [1.82, 2.24) is 5.32 Å². The summed E-state index contributed by atoms with van der Waals surface area (Å²) < 4.78 is 0. The van der Waals surface area contributed by atoms with Crippen molar-refractivity contribution in [2.75, 3.05) is 6.54 Å². The molecule has 0 spiro atoms. The van der Waals surface area contributed by atoms with Crippen molar-refractivity contribution in [3.05, 3.63) is 29.8 Å². The second-order valence-electron chi connectivity index (χ2n) is 4.59. The summed E-state index contributed by atoms with van der Waals surface area (Å²) in [5.41, 5.74) is 0.870. The van der Waals surface area contributed by atoms with Gasteiger partial charge in [0.2, 0.25) is 0 Å². The number of phenolic OH excluding ortho intramolecular Hbond substituents is 1. The first-order valence-corrected chi connectivity index (χ1v) is 5.43. The molecular weight excluding hydrogens is 200 g/mol. The van der Waals surface area contributed by atoms with E-state index in [1.165, 1.54) is 0 Å². The minimum Gasteiger partial charge on any atom is -0.508 e. The van der Waals surface area contributed by atoms with Crippen molar-refractivity contribution < 1.29 is 5.11 Å². The maximum absolute atomic E-state index is 9.11. The van der Waals surface area contributed by atoms with Crippen molar-refractivity contribution >= 4 is 0 Å². The van der Waals surface area contributed by atoms with Gasteiger partial charge in [-0.1, -0.05) is 12.1 Å². The summed E-state index contributed by atoms with van der Waals surface area (Å²) in [6, 6.07) is 9.40. The zero-order valence-corrected chi connectivity index (χ0v) is 9.83. The van der Waals surface area contributed by atoms with Gasteiger partial charge in [-0.3, -0.25) is 0 Å². The largest absolute Gasteiger partial charge is 0.508 e. The fourth-order valence-corrected chi connectivity index (χ4v) is 1.30. The Morgan fingerprint density at radius 1 is 1.31 bits per heavy atom. The van der Waals surface area contributed by atoms with Gasteiger partial charge in [0.25, 0.3) is 0 Å². The van der Waals surface area contributed by atoms with Gasteiger partial charge in [0.15, 0.2) is 0 Å². The number of benzene rings is 1. The molecule has 0 saturated heterocycles. The molecule has 0 amide bonds. The van der Waals surface area contributed by atoms with E-state index >= 15 is 0 Å². The number of hydrogen-bond donors (Lipinski definition) is 2. The van der Waals surface area contributed by atoms with Crippen LogP contribution in [0.5, 0.6) is 5.75 Å².